The summed E-state index contributed by atoms with van der Waals surface area (Å²) < 4.78 is 26.7. The van der Waals surface area contributed by atoms with Crippen LogP contribution in [-0.4, -0.2) is 35.0 Å². The van der Waals surface area contributed by atoms with Crippen LogP contribution in [0.5, 0.6) is 0 Å². The lowest BCUT2D eigenvalue weighted by atomic mass is 9.95. The second-order valence-electron chi connectivity index (χ2n) is 7.57. The number of carbonyl (C=O) groups is 1. The van der Waals surface area contributed by atoms with Crippen LogP contribution < -0.4 is 10.2 Å². The standard InChI is InChI=1S/C21H24F2N4O/c22-15-6-5-14(18(23)12-15)11-20(28)26-16-7-9-27(10-8-16)21-17-3-1-2-4-19(17)24-13-25-21/h5-6,12-13,16H,1-4,7-11H2,(H,26,28). The molecule has 1 aliphatic carbocycles. The van der Waals surface area contributed by atoms with Gasteiger partial charge in [0.2, 0.25) is 5.91 Å². The Balaban J connectivity index is 1.33. The molecule has 1 N–H and O–H groups in total. The number of fused-ring (bicyclic) bond motifs is 1. The first kappa shape index (κ1) is 18.8. The van der Waals surface area contributed by atoms with Gasteiger partial charge in [-0.15, -0.1) is 0 Å². The third-order valence-electron chi connectivity index (χ3n) is 5.63. The highest BCUT2D eigenvalue weighted by molar-refractivity contribution is 5.79. The Morgan fingerprint density at radius 1 is 1.14 bits per heavy atom. The van der Waals surface area contributed by atoms with Crippen LogP contribution in [0.2, 0.25) is 0 Å². The van der Waals surface area contributed by atoms with Gasteiger partial charge < -0.3 is 10.2 Å². The van der Waals surface area contributed by atoms with Gasteiger partial charge in [-0.25, -0.2) is 18.7 Å². The fourth-order valence-corrected chi connectivity index (χ4v) is 4.13. The molecular formula is C21H24F2N4O. The van der Waals surface area contributed by atoms with E-state index in [1.54, 1.807) is 6.33 Å². The van der Waals surface area contributed by atoms with Crippen LogP contribution in [0.3, 0.4) is 0 Å². The highest BCUT2D eigenvalue weighted by Gasteiger charge is 2.25. The number of rotatable bonds is 4. The van der Waals surface area contributed by atoms with Gasteiger partial charge in [-0.2, -0.15) is 0 Å². The van der Waals surface area contributed by atoms with Crippen LogP contribution in [0.4, 0.5) is 14.6 Å². The monoisotopic (exact) mass is 386 g/mol. The van der Waals surface area contributed by atoms with Gasteiger partial charge in [0.05, 0.1) is 6.42 Å². The smallest absolute Gasteiger partial charge is 0.224 e. The molecule has 28 heavy (non-hydrogen) atoms. The number of hydrogen-bond donors (Lipinski definition) is 1. The molecule has 0 unspecified atom stereocenters. The Kier molecular flexibility index (Phi) is 5.50. The van der Waals surface area contributed by atoms with E-state index in [2.05, 4.69) is 20.2 Å². The van der Waals surface area contributed by atoms with E-state index >= 15 is 0 Å². The van der Waals surface area contributed by atoms with Gasteiger partial charge in [0, 0.05) is 36.5 Å². The average molecular weight is 386 g/mol. The molecule has 148 valence electrons. The van der Waals surface area contributed by atoms with E-state index in [-0.39, 0.29) is 23.9 Å². The summed E-state index contributed by atoms with van der Waals surface area (Å²) in [5.74, 6) is -0.509. The van der Waals surface area contributed by atoms with Gasteiger partial charge in [-0.05, 0) is 50.2 Å². The summed E-state index contributed by atoms with van der Waals surface area (Å²) in [6.45, 7) is 1.64. The maximum absolute atomic E-state index is 13.7. The molecule has 1 aromatic carbocycles. The average Bonchev–Trinajstić information content (AvgIpc) is 2.70. The molecule has 4 rings (SSSR count). The Morgan fingerprint density at radius 2 is 1.93 bits per heavy atom. The molecule has 0 bridgehead atoms. The third kappa shape index (κ3) is 4.13. The highest BCUT2D eigenvalue weighted by atomic mass is 19.1. The number of nitrogens with zero attached hydrogens (tertiary/aromatic N) is 3. The number of benzene rings is 1. The van der Waals surface area contributed by atoms with Crippen molar-refractivity contribution in [3.05, 3.63) is 53.0 Å². The van der Waals surface area contributed by atoms with Crippen molar-refractivity contribution in [2.75, 3.05) is 18.0 Å². The minimum atomic E-state index is -0.682. The van der Waals surface area contributed by atoms with Crippen LogP contribution >= 0.6 is 0 Å². The first-order valence-corrected chi connectivity index (χ1v) is 9.91. The first-order chi connectivity index (χ1) is 13.6. The first-order valence-electron chi connectivity index (χ1n) is 9.91. The van der Waals surface area contributed by atoms with E-state index in [1.165, 1.54) is 36.2 Å². The maximum atomic E-state index is 13.7. The van der Waals surface area contributed by atoms with Crippen molar-refractivity contribution in [1.29, 1.82) is 0 Å². The number of hydrogen-bond acceptors (Lipinski definition) is 4. The maximum Gasteiger partial charge on any atom is 0.224 e. The lowest BCUT2D eigenvalue weighted by Crippen LogP contribution is -2.45. The van der Waals surface area contributed by atoms with Gasteiger partial charge >= 0.3 is 0 Å². The SMILES string of the molecule is O=C(Cc1ccc(F)cc1F)NC1CCN(c2ncnc3c2CCCC3)CC1. The number of anilines is 1. The van der Waals surface area contributed by atoms with Gasteiger partial charge in [0.15, 0.2) is 0 Å². The largest absolute Gasteiger partial charge is 0.356 e. The second kappa shape index (κ2) is 8.20. The molecule has 0 spiro atoms. The summed E-state index contributed by atoms with van der Waals surface area (Å²) in [5.41, 5.74) is 2.67. The van der Waals surface area contributed by atoms with Crippen LogP contribution in [0.25, 0.3) is 0 Å². The molecule has 2 aliphatic rings. The van der Waals surface area contributed by atoms with Crippen molar-refractivity contribution in [1.82, 2.24) is 15.3 Å². The van der Waals surface area contributed by atoms with Crippen LogP contribution in [0.15, 0.2) is 24.5 Å². The Morgan fingerprint density at radius 3 is 2.71 bits per heavy atom. The Bertz CT molecular complexity index is 865. The van der Waals surface area contributed by atoms with Crippen molar-refractivity contribution < 1.29 is 13.6 Å². The number of nitrogens with one attached hydrogen (secondary N) is 1. The van der Waals surface area contributed by atoms with Gasteiger partial charge in [-0.1, -0.05) is 6.07 Å². The highest BCUT2D eigenvalue weighted by Crippen LogP contribution is 2.28. The summed E-state index contributed by atoms with van der Waals surface area (Å²) >= 11 is 0. The minimum absolute atomic E-state index is 0.0601. The van der Waals surface area contributed by atoms with Crippen LogP contribution in [-0.2, 0) is 24.1 Å². The predicted molar refractivity (Wildman–Crippen MR) is 102 cm³/mol. The molecule has 5 nitrogen and oxygen atoms in total. The molecule has 1 fully saturated rings. The zero-order valence-corrected chi connectivity index (χ0v) is 15.8. The fourth-order valence-electron chi connectivity index (χ4n) is 4.13. The molecule has 0 radical (unpaired) electrons. The molecule has 1 aromatic heterocycles. The van der Waals surface area contributed by atoms with E-state index in [9.17, 15) is 13.6 Å². The topological polar surface area (TPSA) is 58.1 Å². The van der Waals surface area contributed by atoms with Crippen molar-refractivity contribution >= 4 is 11.7 Å². The van der Waals surface area contributed by atoms with E-state index in [0.29, 0.717) is 0 Å². The number of aromatic nitrogens is 2. The summed E-state index contributed by atoms with van der Waals surface area (Å²) in [5, 5.41) is 2.98. The van der Waals surface area contributed by atoms with Gasteiger partial charge in [0.25, 0.3) is 0 Å². The lowest BCUT2D eigenvalue weighted by Gasteiger charge is -2.35. The number of carbonyl (C=O) groups excluding carboxylic acids is 1. The minimum Gasteiger partial charge on any atom is -0.356 e. The van der Waals surface area contributed by atoms with Gasteiger partial charge in [-0.3, -0.25) is 4.79 Å². The second-order valence-corrected chi connectivity index (χ2v) is 7.57. The Labute approximate surface area is 163 Å². The summed E-state index contributed by atoms with van der Waals surface area (Å²) in [6, 6.07) is 3.37. The quantitative estimate of drug-likeness (QED) is 0.878. The van der Waals surface area contributed by atoms with Crippen LogP contribution in [0.1, 0.15) is 42.5 Å². The summed E-state index contributed by atoms with van der Waals surface area (Å²) in [4.78, 5) is 23.5. The van der Waals surface area contributed by atoms with E-state index < -0.39 is 11.6 Å². The number of piperidine rings is 1. The number of aryl methyl sites for hydroxylation is 1. The van der Waals surface area contributed by atoms with Crippen molar-refractivity contribution in [3.63, 3.8) is 0 Å². The number of halogens is 2. The lowest BCUT2D eigenvalue weighted by molar-refractivity contribution is -0.121. The molecule has 1 aliphatic heterocycles. The van der Waals surface area contributed by atoms with Crippen molar-refractivity contribution in [2.45, 2.75) is 51.0 Å². The zero-order valence-electron chi connectivity index (χ0n) is 15.8. The summed E-state index contributed by atoms with van der Waals surface area (Å²) in [7, 11) is 0. The summed E-state index contributed by atoms with van der Waals surface area (Å²) in [6.07, 6.45) is 7.64. The van der Waals surface area contributed by atoms with E-state index in [4.69, 9.17) is 0 Å². The van der Waals surface area contributed by atoms with Crippen molar-refractivity contribution in [3.8, 4) is 0 Å². The van der Waals surface area contributed by atoms with E-state index in [1.807, 2.05) is 0 Å². The third-order valence-corrected chi connectivity index (χ3v) is 5.63. The predicted octanol–water partition coefficient (Wildman–Crippen LogP) is 2.96. The fraction of sp³-hybridized carbons (Fsp3) is 0.476. The molecule has 2 aromatic rings. The van der Waals surface area contributed by atoms with Crippen molar-refractivity contribution in [2.24, 2.45) is 0 Å². The molecule has 2 heterocycles. The molecule has 0 saturated carbocycles. The molecule has 1 amide bonds. The normalized spacial score (nSPS) is 17.3. The molecular weight excluding hydrogens is 362 g/mol. The van der Waals surface area contributed by atoms with E-state index in [0.717, 1.165) is 50.7 Å². The molecule has 0 atom stereocenters. The van der Waals surface area contributed by atoms with Crippen LogP contribution in [0, 0.1) is 11.6 Å². The molecule has 7 heteroatoms. The molecule has 1 saturated heterocycles. The van der Waals surface area contributed by atoms with Gasteiger partial charge in [0.1, 0.15) is 23.8 Å². The number of amides is 1. The zero-order chi connectivity index (χ0) is 19.5. The Hall–Kier alpha value is -2.57.